The van der Waals surface area contributed by atoms with Gasteiger partial charge >= 0.3 is 0 Å². The Bertz CT molecular complexity index is 398. The molecule has 17 heavy (non-hydrogen) atoms. The fourth-order valence-corrected chi connectivity index (χ4v) is 1.86. The molecule has 0 fully saturated rings. The number of ether oxygens (including phenoxy) is 1. The number of nitrogens with zero attached hydrogens (tertiary/aromatic N) is 1. The van der Waals surface area contributed by atoms with Crippen molar-refractivity contribution in [1.82, 2.24) is 0 Å². The zero-order chi connectivity index (χ0) is 12.7. The Morgan fingerprint density at radius 2 is 2.24 bits per heavy atom. The molecule has 2 nitrogen and oxygen atoms in total. The van der Waals surface area contributed by atoms with E-state index in [-0.39, 0.29) is 0 Å². The smallest absolute Gasteiger partial charge is 0.122 e. The summed E-state index contributed by atoms with van der Waals surface area (Å²) < 4.78 is 5.70. The van der Waals surface area contributed by atoms with E-state index in [4.69, 9.17) is 21.6 Å². The maximum absolute atomic E-state index is 8.62. The lowest BCUT2D eigenvalue weighted by molar-refractivity contribution is 0.312. The number of hydrogen-bond acceptors (Lipinski definition) is 2. The molecule has 0 radical (unpaired) electrons. The third-order valence-electron chi connectivity index (χ3n) is 2.65. The van der Waals surface area contributed by atoms with E-state index in [1.807, 2.05) is 18.2 Å². The Labute approximate surface area is 108 Å². The lowest BCUT2D eigenvalue weighted by atomic mass is 9.95. The van der Waals surface area contributed by atoms with Gasteiger partial charge in [-0.1, -0.05) is 25.4 Å². The molecular weight excluding hydrogens is 234 g/mol. The van der Waals surface area contributed by atoms with E-state index < -0.39 is 0 Å². The summed E-state index contributed by atoms with van der Waals surface area (Å²) in [5.41, 5.74) is 1.10. The van der Waals surface area contributed by atoms with Crippen LogP contribution in [0.1, 0.15) is 44.6 Å². The molecule has 1 rings (SSSR count). The molecule has 1 aromatic carbocycles. The lowest BCUT2D eigenvalue weighted by Crippen LogP contribution is -2.02. The van der Waals surface area contributed by atoms with Gasteiger partial charge in [0.25, 0.3) is 0 Å². The molecule has 0 amide bonds. The van der Waals surface area contributed by atoms with Crippen LogP contribution < -0.4 is 4.74 Å². The summed E-state index contributed by atoms with van der Waals surface area (Å²) >= 11 is 6.01. The summed E-state index contributed by atoms with van der Waals surface area (Å²) in [6.07, 6.45) is 2.37. The first-order valence-electron chi connectivity index (χ1n) is 5.98. The van der Waals surface area contributed by atoms with E-state index in [9.17, 15) is 0 Å². The molecule has 0 aliphatic carbocycles. The fourth-order valence-electron chi connectivity index (χ4n) is 1.68. The number of rotatable bonds is 6. The minimum atomic E-state index is 0.292. The highest BCUT2D eigenvalue weighted by Gasteiger charge is 2.12. The highest BCUT2D eigenvalue weighted by molar-refractivity contribution is 6.30. The average molecular weight is 252 g/mol. The van der Waals surface area contributed by atoms with Gasteiger partial charge in [-0.15, -0.1) is 0 Å². The Morgan fingerprint density at radius 1 is 1.47 bits per heavy atom. The molecule has 0 aliphatic rings. The van der Waals surface area contributed by atoms with Gasteiger partial charge in [-0.2, -0.15) is 5.26 Å². The Balaban J connectivity index is 2.86. The van der Waals surface area contributed by atoms with Gasteiger partial charge < -0.3 is 4.74 Å². The van der Waals surface area contributed by atoms with Crippen LogP contribution in [0.4, 0.5) is 0 Å². The molecule has 0 N–H and O–H groups in total. The first-order chi connectivity index (χ1) is 8.19. The first kappa shape index (κ1) is 13.9. The van der Waals surface area contributed by atoms with E-state index in [1.165, 1.54) is 0 Å². The molecule has 0 aromatic heterocycles. The minimum absolute atomic E-state index is 0.292. The first-order valence-corrected chi connectivity index (χ1v) is 6.36. The second-order valence-corrected chi connectivity index (χ2v) is 4.56. The number of nitriles is 1. The third kappa shape index (κ3) is 4.28. The van der Waals surface area contributed by atoms with Gasteiger partial charge in [0, 0.05) is 11.4 Å². The van der Waals surface area contributed by atoms with Gasteiger partial charge in [0.05, 0.1) is 12.7 Å². The minimum Gasteiger partial charge on any atom is -0.493 e. The van der Waals surface area contributed by atoms with E-state index in [2.05, 4.69) is 19.9 Å². The van der Waals surface area contributed by atoms with Crippen LogP contribution in [0.2, 0.25) is 5.02 Å². The van der Waals surface area contributed by atoms with Crippen molar-refractivity contribution in [1.29, 1.82) is 5.26 Å². The monoisotopic (exact) mass is 251 g/mol. The van der Waals surface area contributed by atoms with Crippen LogP contribution in [0.15, 0.2) is 18.2 Å². The molecule has 1 aromatic rings. The molecule has 0 saturated heterocycles. The normalized spacial score (nSPS) is 11.9. The third-order valence-corrected chi connectivity index (χ3v) is 2.89. The van der Waals surface area contributed by atoms with Crippen LogP contribution in [0.25, 0.3) is 0 Å². The quantitative estimate of drug-likeness (QED) is 0.744. The predicted octanol–water partition coefficient (Wildman–Crippen LogP) is 4.54. The second kappa shape index (κ2) is 7.19. The van der Waals surface area contributed by atoms with Crippen molar-refractivity contribution in [2.24, 2.45) is 0 Å². The van der Waals surface area contributed by atoms with E-state index in [0.29, 0.717) is 24.0 Å². The Hall–Kier alpha value is -1.20. The topological polar surface area (TPSA) is 33.0 Å². The summed E-state index contributed by atoms with van der Waals surface area (Å²) in [6.45, 7) is 4.89. The van der Waals surface area contributed by atoms with Gasteiger partial charge in [0.15, 0.2) is 0 Å². The Kier molecular flexibility index (Phi) is 5.86. The van der Waals surface area contributed by atoms with Crippen LogP contribution in [-0.4, -0.2) is 6.61 Å². The molecule has 1 unspecified atom stereocenters. The highest BCUT2D eigenvalue weighted by Crippen LogP contribution is 2.32. The molecule has 0 heterocycles. The van der Waals surface area contributed by atoms with Crippen LogP contribution in [0, 0.1) is 11.3 Å². The maximum Gasteiger partial charge on any atom is 0.122 e. The van der Waals surface area contributed by atoms with Gasteiger partial charge in [0.2, 0.25) is 0 Å². The molecule has 0 aliphatic heterocycles. The maximum atomic E-state index is 8.62. The van der Waals surface area contributed by atoms with Crippen molar-refractivity contribution in [2.45, 2.75) is 39.0 Å². The fraction of sp³-hybridized carbons (Fsp3) is 0.500. The molecule has 92 valence electrons. The van der Waals surface area contributed by atoms with Crippen molar-refractivity contribution in [3.8, 4) is 11.8 Å². The SMILES string of the molecule is CCCOc1ccc(Cl)cc1C(C)CCC#N. The molecule has 0 saturated carbocycles. The molecule has 3 heteroatoms. The van der Waals surface area contributed by atoms with Crippen LogP contribution in [0.5, 0.6) is 5.75 Å². The van der Waals surface area contributed by atoms with E-state index in [0.717, 1.165) is 24.2 Å². The van der Waals surface area contributed by atoms with Crippen molar-refractivity contribution < 1.29 is 4.74 Å². The van der Waals surface area contributed by atoms with Crippen molar-refractivity contribution >= 4 is 11.6 Å². The van der Waals surface area contributed by atoms with Crippen molar-refractivity contribution in [3.05, 3.63) is 28.8 Å². The highest BCUT2D eigenvalue weighted by atomic mass is 35.5. The average Bonchev–Trinajstić information content (AvgIpc) is 2.34. The lowest BCUT2D eigenvalue weighted by Gasteiger charge is -2.16. The van der Waals surface area contributed by atoms with Crippen LogP contribution in [-0.2, 0) is 0 Å². The summed E-state index contributed by atoms with van der Waals surface area (Å²) in [7, 11) is 0. The Morgan fingerprint density at radius 3 is 2.88 bits per heavy atom. The molecular formula is C14H18ClNO. The molecule has 0 spiro atoms. The van der Waals surface area contributed by atoms with Gasteiger partial charge in [0.1, 0.15) is 5.75 Å². The standard InChI is InChI=1S/C14H18ClNO/c1-3-9-17-14-7-6-12(15)10-13(14)11(2)5-4-8-16/h6-7,10-11H,3-5,9H2,1-2H3. The second-order valence-electron chi connectivity index (χ2n) is 4.13. The van der Waals surface area contributed by atoms with Crippen molar-refractivity contribution in [2.75, 3.05) is 6.61 Å². The van der Waals surface area contributed by atoms with Gasteiger partial charge in [-0.3, -0.25) is 0 Å². The van der Waals surface area contributed by atoms with Crippen LogP contribution >= 0.6 is 11.6 Å². The van der Waals surface area contributed by atoms with Crippen LogP contribution in [0.3, 0.4) is 0 Å². The zero-order valence-corrected chi connectivity index (χ0v) is 11.1. The summed E-state index contributed by atoms with van der Waals surface area (Å²) in [5, 5.41) is 9.34. The number of halogens is 1. The van der Waals surface area contributed by atoms with Crippen molar-refractivity contribution in [3.63, 3.8) is 0 Å². The summed E-state index contributed by atoms with van der Waals surface area (Å²) in [5.74, 6) is 1.18. The largest absolute Gasteiger partial charge is 0.493 e. The van der Waals surface area contributed by atoms with Gasteiger partial charge in [-0.25, -0.2) is 0 Å². The van der Waals surface area contributed by atoms with Gasteiger partial charge in [-0.05, 0) is 42.5 Å². The van der Waals surface area contributed by atoms with E-state index in [1.54, 1.807) is 0 Å². The summed E-state index contributed by atoms with van der Waals surface area (Å²) in [6, 6.07) is 7.86. The summed E-state index contributed by atoms with van der Waals surface area (Å²) in [4.78, 5) is 0. The molecule has 1 atom stereocenters. The van der Waals surface area contributed by atoms with E-state index >= 15 is 0 Å². The number of benzene rings is 1. The molecule has 0 bridgehead atoms. The number of hydrogen-bond donors (Lipinski definition) is 0. The predicted molar refractivity (Wildman–Crippen MR) is 70.5 cm³/mol. The zero-order valence-electron chi connectivity index (χ0n) is 10.4.